The Morgan fingerprint density at radius 3 is 1.37 bits per heavy atom. The van der Waals surface area contributed by atoms with Crippen LogP contribution in [-0.2, 0) is 0 Å². The molecule has 158 valence electrons. The number of nitrogens with one attached hydrogen (secondary N) is 1. The molecule has 5 heteroatoms. The summed E-state index contributed by atoms with van der Waals surface area (Å²) < 4.78 is 5.32. The highest BCUT2D eigenvalue weighted by atomic mass is 16.5. The van der Waals surface area contributed by atoms with Gasteiger partial charge in [-0.25, -0.2) is 0 Å². The average Bonchev–Trinajstić information content (AvgIpc) is 2.90. The van der Waals surface area contributed by atoms with E-state index in [0.717, 1.165) is 12.8 Å². The lowest BCUT2D eigenvalue weighted by atomic mass is 10.0. The van der Waals surface area contributed by atoms with Crippen molar-refractivity contribution in [2.24, 2.45) is 0 Å². The minimum Gasteiger partial charge on any atom is -0.500 e. The molecule has 0 aliphatic rings. The van der Waals surface area contributed by atoms with Gasteiger partial charge in [-0.2, -0.15) is 0 Å². The zero-order valence-electron chi connectivity index (χ0n) is 17.3. The number of ether oxygens (including phenoxy) is 1. The molecule has 1 heterocycles. The second-order valence-corrected chi connectivity index (χ2v) is 7.65. The van der Waals surface area contributed by atoms with Crippen LogP contribution in [0.15, 0.2) is 0 Å². The van der Waals surface area contributed by atoms with Crippen molar-refractivity contribution in [3.05, 3.63) is 0 Å². The van der Waals surface area contributed by atoms with Gasteiger partial charge in [0.2, 0.25) is 23.3 Å². The van der Waals surface area contributed by atoms with Gasteiger partial charge in [0, 0.05) is 0 Å². The van der Waals surface area contributed by atoms with Crippen LogP contribution >= 0.6 is 0 Å². The Kier molecular flexibility index (Phi) is 13.5. The monoisotopic (exact) mass is 383 g/mol. The zero-order valence-corrected chi connectivity index (χ0v) is 17.3. The third-order valence-electron chi connectivity index (χ3n) is 5.14. The fourth-order valence-corrected chi connectivity index (χ4v) is 3.41. The molecule has 1 aromatic rings. The molecule has 0 spiro atoms. The van der Waals surface area contributed by atoms with Gasteiger partial charge in [0.1, 0.15) is 0 Å². The maximum absolute atomic E-state index is 9.49. The number of H-pyrrole nitrogens is 1. The SMILES string of the molecule is CCCCCCCCCCCCCCCCCCOc1c(O)[nH]c(O)c1O. The standard InChI is InChI=1S/C22H41NO4/c1-2-3-4-5-6-7-8-9-10-11-12-13-14-15-16-17-18-27-20-19(24)21(25)23-22(20)26/h23-26H,2-18H2,1H3. The zero-order chi connectivity index (χ0) is 19.7. The van der Waals surface area contributed by atoms with Crippen molar-refractivity contribution < 1.29 is 20.1 Å². The molecular formula is C22H41NO4. The highest BCUT2D eigenvalue weighted by molar-refractivity contribution is 5.53. The summed E-state index contributed by atoms with van der Waals surface area (Å²) in [6.07, 6.45) is 21.1. The summed E-state index contributed by atoms with van der Waals surface area (Å²) >= 11 is 0. The molecule has 1 aromatic heterocycles. The Labute approximate surface area is 165 Å². The summed E-state index contributed by atoms with van der Waals surface area (Å²) in [5, 5.41) is 28.2. The third kappa shape index (κ3) is 11.0. The van der Waals surface area contributed by atoms with Crippen LogP contribution in [0.2, 0.25) is 0 Å². The van der Waals surface area contributed by atoms with Gasteiger partial charge >= 0.3 is 0 Å². The van der Waals surface area contributed by atoms with Gasteiger partial charge in [0.05, 0.1) is 6.61 Å². The van der Waals surface area contributed by atoms with E-state index in [9.17, 15) is 15.3 Å². The first-order valence-corrected chi connectivity index (χ1v) is 11.1. The molecule has 0 fully saturated rings. The minimum absolute atomic E-state index is 0.0616. The number of unbranched alkanes of at least 4 members (excludes halogenated alkanes) is 15. The number of aromatic hydroxyl groups is 3. The molecule has 0 atom stereocenters. The van der Waals surface area contributed by atoms with E-state index in [4.69, 9.17) is 4.74 Å². The summed E-state index contributed by atoms with van der Waals surface area (Å²) in [5.74, 6) is -1.28. The smallest absolute Gasteiger partial charge is 0.239 e. The molecular weight excluding hydrogens is 342 g/mol. The van der Waals surface area contributed by atoms with Gasteiger partial charge in [0.25, 0.3) is 0 Å². The summed E-state index contributed by atoms with van der Waals surface area (Å²) in [6, 6.07) is 0. The highest BCUT2D eigenvalue weighted by Gasteiger charge is 2.17. The number of aromatic amines is 1. The number of hydrogen-bond acceptors (Lipinski definition) is 4. The fraction of sp³-hybridized carbons (Fsp3) is 0.818. The molecule has 0 saturated heterocycles. The summed E-state index contributed by atoms with van der Waals surface area (Å²) in [4.78, 5) is 2.22. The summed E-state index contributed by atoms with van der Waals surface area (Å²) in [7, 11) is 0. The minimum atomic E-state index is -0.463. The van der Waals surface area contributed by atoms with Crippen molar-refractivity contribution >= 4 is 0 Å². The van der Waals surface area contributed by atoms with Crippen LogP contribution in [0, 0.1) is 0 Å². The van der Waals surface area contributed by atoms with Gasteiger partial charge in [-0.05, 0) is 6.42 Å². The predicted octanol–water partition coefficient (Wildman–Crippen LogP) is 6.77. The molecule has 0 aromatic carbocycles. The molecule has 0 unspecified atom stereocenters. The van der Waals surface area contributed by atoms with E-state index < -0.39 is 11.6 Å². The first-order valence-electron chi connectivity index (χ1n) is 11.1. The van der Waals surface area contributed by atoms with Crippen LogP contribution in [0.1, 0.15) is 110 Å². The lowest BCUT2D eigenvalue weighted by Crippen LogP contribution is -1.96. The molecule has 0 bridgehead atoms. The fourth-order valence-electron chi connectivity index (χ4n) is 3.41. The summed E-state index contributed by atoms with van der Waals surface area (Å²) in [5.41, 5.74) is 0. The van der Waals surface area contributed by atoms with Crippen LogP contribution in [0.3, 0.4) is 0 Å². The van der Waals surface area contributed by atoms with E-state index in [0.29, 0.717) is 6.61 Å². The van der Waals surface area contributed by atoms with E-state index in [1.54, 1.807) is 0 Å². The molecule has 0 amide bonds. The van der Waals surface area contributed by atoms with Gasteiger partial charge < -0.3 is 20.1 Å². The average molecular weight is 384 g/mol. The van der Waals surface area contributed by atoms with Crippen LogP contribution in [0.5, 0.6) is 23.3 Å². The molecule has 0 aliphatic heterocycles. The van der Waals surface area contributed by atoms with Crippen molar-refractivity contribution in [1.82, 2.24) is 4.98 Å². The Morgan fingerprint density at radius 1 is 0.593 bits per heavy atom. The van der Waals surface area contributed by atoms with E-state index >= 15 is 0 Å². The van der Waals surface area contributed by atoms with Crippen LogP contribution in [0.4, 0.5) is 0 Å². The number of hydrogen-bond donors (Lipinski definition) is 4. The molecule has 0 radical (unpaired) electrons. The quantitative estimate of drug-likeness (QED) is 0.211. The maximum Gasteiger partial charge on any atom is 0.239 e. The number of aromatic nitrogens is 1. The van der Waals surface area contributed by atoms with E-state index in [1.807, 2.05) is 0 Å². The predicted molar refractivity (Wildman–Crippen MR) is 111 cm³/mol. The first-order chi connectivity index (χ1) is 13.2. The van der Waals surface area contributed by atoms with Crippen molar-refractivity contribution in [2.75, 3.05) is 6.61 Å². The lowest BCUT2D eigenvalue weighted by molar-refractivity contribution is 0.274. The Morgan fingerprint density at radius 2 is 1.00 bits per heavy atom. The van der Waals surface area contributed by atoms with Crippen LogP contribution in [-0.4, -0.2) is 26.9 Å². The lowest BCUT2D eigenvalue weighted by Gasteiger charge is -2.05. The van der Waals surface area contributed by atoms with Crippen molar-refractivity contribution in [1.29, 1.82) is 0 Å². The maximum atomic E-state index is 9.49. The molecule has 27 heavy (non-hydrogen) atoms. The summed E-state index contributed by atoms with van der Waals surface area (Å²) in [6.45, 7) is 2.70. The van der Waals surface area contributed by atoms with Gasteiger partial charge in [-0.1, -0.05) is 103 Å². The van der Waals surface area contributed by atoms with E-state index in [2.05, 4.69) is 11.9 Å². The normalized spacial score (nSPS) is 11.1. The Balaban J connectivity index is 1.79. The van der Waals surface area contributed by atoms with Crippen LogP contribution < -0.4 is 4.74 Å². The molecule has 1 rings (SSSR count). The van der Waals surface area contributed by atoms with Gasteiger partial charge in [0.15, 0.2) is 0 Å². The highest BCUT2D eigenvalue weighted by Crippen LogP contribution is 2.42. The largest absolute Gasteiger partial charge is 0.500 e. The topological polar surface area (TPSA) is 85.7 Å². The van der Waals surface area contributed by atoms with Crippen molar-refractivity contribution in [3.63, 3.8) is 0 Å². The van der Waals surface area contributed by atoms with Gasteiger partial charge in [-0.3, -0.25) is 4.98 Å². The first kappa shape index (κ1) is 23.5. The third-order valence-corrected chi connectivity index (χ3v) is 5.14. The number of rotatable bonds is 18. The Hall–Kier alpha value is -1.52. The Bertz CT molecular complexity index is 473. The molecule has 0 saturated carbocycles. The molecule has 0 aliphatic carbocycles. The van der Waals surface area contributed by atoms with Crippen molar-refractivity contribution in [3.8, 4) is 23.3 Å². The van der Waals surface area contributed by atoms with Gasteiger partial charge in [-0.15, -0.1) is 0 Å². The van der Waals surface area contributed by atoms with E-state index in [-0.39, 0.29) is 11.6 Å². The van der Waals surface area contributed by atoms with E-state index in [1.165, 1.54) is 89.9 Å². The molecule has 5 nitrogen and oxygen atoms in total. The van der Waals surface area contributed by atoms with Crippen LogP contribution in [0.25, 0.3) is 0 Å². The second kappa shape index (κ2) is 15.5. The molecule has 4 N–H and O–H groups in total. The second-order valence-electron chi connectivity index (χ2n) is 7.65. The van der Waals surface area contributed by atoms with Crippen molar-refractivity contribution in [2.45, 2.75) is 110 Å².